The number of nitrogens with two attached hydrogens (primary N) is 1. The van der Waals surface area contributed by atoms with Gasteiger partial charge in [-0.15, -0.1) is 0 Å². The van der Waals surface area contributed by atoms with Crippen LogP contribution in [0.1, 0.15) is 13.3 Å². The molecule has 1 fully saturated rings. The summed E-state index contributed by atoms with van der Waals surface area (Å²) in [6.45, 7) is 2.63. The Kier molecular flexibility index (Phi) is 4.41. The number of carbonyl (C=O) groups is 2. The standard InChI is InChI=1S/C9H17N3O2S/c1-6(13)11-8(5-15)9(14)12-3-2-7(10)4-12/h7-8,15H,2-5,10H2,1H3,(H,11,13). The van der Waals surface area contributed by atoms with Crippen LogP contribution in [0.2, 0.25) is 0 Å². The Labute approximate surface area is 94.8 Å². The maximum Gasteiger partial charge on any atom is 0.246 e. The van der Waals surface area contributed by atoms with E-state index in [4.69, 9.17) is 5.73 Å². The van der Waals surface area contributed by atoms with Gasteiger partial charge in [0.05, 0.1) is 0 Å². The lowest BCUT2D eigenvalue weighted by molar-refractivity contribution is -0.134. The first-order chi connectivity index (χ1) is 7.04. The minimum atomic E-state index is -0.531. The van der Waals surface area contributed by atoms with Crippen LogP contribution in [0.3, 0.4) is 0 Å². The molecular weight excluding hydrogens is 214 g/mol. The Balaban J connectivity index is 2.53. The van der Waals surface area contributed by atoms with Crippen molar-refractivity contribution >= 4 is 24.4 Å². The van der Waals surface area contributed by atoms with Gasteiger partial charge in [0.1, 0.15) is 6.04 Å². The molecule has 1 aliphatic heterocycles. The average molecular weight is 231 g/mol. The van der Waals surface area contributed by atoms with Gasteiger partial charge in [0.2, 0.25) is 11.8 Å². The van der Waals surface area contributed by atoms with Crippen LogP contribution in [0.4, 0.5) is 0 Å². The van der Waals surface area contributed by atoms with E-state index in [2.05, 4.69) is 17.9 Å². The lowest BCUT2D eigenvalue weighted by Crippen LogP contribution is -2.48. The van der Waals surface area contributed by atoms with E-state index in [9.17, 15) is 9.59 Å². The summed E-state index contributed by atoms with van der Waals surface area (Å²) in [6.07, 6.45) is 0.825. The largest absolute Gasteiger partial charge is 0.344 e. The molecule has 0 bridgehead atoms. The molecule has 1 saturated heterocycles. The van der Waals surface area contributed by atoms with Gasteiger partial charge in [-0.2, -0.15) is 12.6 Å². The number of hydrogen-bond donors (Lipinski definition) is 3. The molecule has 3 N–H and O–H groups in total. The molecule has 0 aromatic rings. The molecule has 1 aliphatic rings. The van der Waals surface area contributed by atoms with Crippen LogP contribution in [0.5, 0.6) is 0 Å². The van der Waals surface area contributed by atoms with Crippen molar-refractivity contribution in [2.75, 3.05) is 18.8 Å². The Bertz CT molecular complexity index is 260. The lowest BCUT2D eigenvalue weighted by atomic mass is 10.3. The summed E-state index contributed by atoms with van der Waals surface area (Å²) in [5.74, 6) is 0.00323. The number of likely N-dealkylation sites (tertiary alicyclic amines) is 1. The van der Waals surface area contributed by atoms with Crippen LogP contribution in [-0.2, 0) is 9.59 Å². The van der Waals surface area contributed by atoms with E-state index >= 15 is 0 Å². The molecule has 0 aromatic carbocycles. The minimum absolute atomic E-state index is 0.0619. The van der Waals surface area contributed by atoms with Crippen molar-refractivity contribution in [3.8, 4) is 0 Å². The summed E-state index contributed by atoms with van der Waals surface area (Å²) in [5.41, 5.74) is 5.71. The summed E-state index contributed by atoms with van der Waals surface area (Å²) in [6, 6.07) is -0.469. The number of hydrogen-bond acceptors (Lipinski definition) is 4. The maximum atomic E-state index is 11.9. The van der Waals surface area contributed by atoms with Crippen molar-refractivity contribution < 1.29 is 9.59 Å². The molecule has 0 aliphatic carbocycles. The molecule has 6 heteroatoms. The van der Waals surface area contributed by atoms with Gasteiger partial charge in [-0.1, -0.05) is 0 Å². The molecule has 0 aromatic heterocycles. The van der Waals surface area contributed by atoms with E-state index in [1.807, 2.05) is 0 Å². The molecule has 15 heavy (non-hydrogen) atoms. The van der Waals surface area contributed by atoms with Gasteiger partial charge in [0.25, 0.3) is 0 Å². The predicted molar refractivity (Wildman–Crippen MR) is 60.6 cm³/mol. The molecule has 5 nitrogen and oxygen atoms in total. The van der Waals surface area contributed by atoms with Crippen molar-refractivity contribution in [3.63, 3.8) is 0 Å². The van der Waals surface area contributed by atoms with Gasteiger partial charge in [0.15, 0.2) is 0 Å². The van der Waals surface area contributed by atoms with Crippen molar-refractivity contribution in [1.29, 1.82) is 0 Å². The third-order valence-corrected chi connectivity index (χ3v) is 2.76. The van der Waals surface area contributed by atoms with E-state index in [0.29, 0.717) is 18.8 Å². The van der Waals surface area contributed by atoms with Gasteiger partial charge >= 0.3 is 0 Å². The molecule has 0 radical (unpaired) electrons. The highest BCUT2D eigenvalue weighted by atomic mass is 32.1. The first-order valence-electron chi connectivity index (χ1n) is 4.97. The number of nitrogens with one attached hydrogen (secondary N) is 1. The van der Waals surface area contributed by atoms with Gasteiger partial charge in [-0.25, -0.2) is 0 Å². The summed E-state index contributed by atoms with van der Waals surface area (Å²) < 4.78 is 0. The number of thiol groups is 1. The second-order valence-electron chi connectivity index (χ2n) is 3.77. The predicted octanol–water partition coefficient (Wildman–Crippen LogP) is -1.02. The second kappa shape index (κ2) is 5.37. The maximum absolute atomic E-state index is 11.9. The SMILES string of the molecule is CC(=O)NC(CS)C(=O)N1CCC(N)C1. The van der Waals surface area contributed by atoms with E-state index in [1.165, 1.54) is 6.92 Å². The zero-order chi connectivity index (χ0) is 11.4. The molecule has 2 unspecified atom stereocenters. The monoisotopic (exact) mass is 231 g/mol. The Morgan fingerprint density at radius 3 is 2.73 bits per heavy atom. The highest BCUT2D eigenvalue weighted by Gasteiger charge is 2.28. The van der Waals surface area contributed by atoms with Crippen molar-refractivity contribution in [1.82, 2.24) is 10.2 Å². The van der Waals surface area contributed by atoms with Crippen LogP contribution >= 0.6 is 12.6 Å². The van der Waals surface area contributed by atoms with Gasteiger partial charge in [-0.05, 0) is 6.42 Å². The first kappa shape index (κ1) is 12.3. The van der Waals surface area contributed by atoms with E-state index in [1.54, 1.807) is 4.90 Å². The van der Waals surface area contributed by atoms with E-state index in [-0.39, 0.29) is 17.9 Å². The molecule has 2 atom stereocenters. The van der Waals surface area contributed by atoms with Crippen LogP contribution in [0.25, 0.3) is 0 Å². The molecule has 1 rings (SSSR count). The van der Waals surface area contributed by atoms with Crippen LogP contribution in [0.15, 0.2) is 0 Å². The van der Waals surface area contributed by atoms with E-state index in [0.717, 1.165) is 6.42 Å². The molecule has 0 saturated carbocycles. The van der Waals surface area contributed by atoms with Crippen LogP contribution in [0, 0.1) is 0 Å². The highest BCUT2D eigenvalue weighted by Crippen LogP contribution is 2.09. The summed E-state index contributed by atoms with van der Waals surface area (Å²) in [5, 5.41) is 2.57. The number of carbonyl (C=O) groups excluding carboxylic acids is 2. The van der Waals surface area contributed by atoms with Crippen molar-refractivity contribution in [3.05, 3.63) is 0 Å². The fourth-order valence-corrected chi connectivity index (χ4v) is 1.89. The molecule has 0 spiro atoms. The first-order valence-corrected chi connectivity index (χ1v) is 5.60. The Morgan fingerprint density at radius 1 is 1.67 bits per heavy atom. The fraction of sp³-hybridized carbons (Fsp3) is 0.778. The van der Waals surface area contributed by atoms with Crippen LogP contribution < -0.4 is 11.1 Å². The van der Waals surface area contributed by atoms with Crippen molar-refractivity contribution in [2.24, 2.45) is 5.73 Å². The fourth-order valence-electron chi connectivity index (χ4n) is 1.64. The van der Waals surface area contributed by atoms with E-state index < -0.39 is 6.04 Å². The van der Waals surface area contributed by atoms with Gasteiger partial charge < -0.3 is 16.0 Å². The lowest BCUT2D eigenvalue weighted by Gasteiger charge is -2.22. The minimum Gasteiger partial charge on any atom is -0.344 e. The summed E-state index contributed by atoms with van der Waals surface area (Å²) in [7, 11) is 0. The third kappa shape index (κ3) is 3.39. The quantitative estimate of drug-likeness (QED) is 0.544. The normalized spacial score (nSPS) is 22.6. The molecule has 2 amide bonds. The summed E-state index contributed by atoms with van der Waals surface area (Å²) >= 11 is 4.05. The van der Waals surface area contributed by atoms with Crippen LogP contribution in [-0.4, -0.2) is 47.6 Å². The second-order valence-corrected chi connectivity index (χ2v) is 4.13. The number of nitrogens with zero attached hydrogens (tertiary/aromatic N) is 1. The highest BCUT2D eigenvalue weighted by molar-refractivity contribution is 7.80. The number of amides is 2. The third-order valence-electron chi connectivity index (χ3n) is 2.39. The zero-order valence-electron chi connectivity index (χ0n) is 8.77. The Hall–Kier alpha value is -0.750. The van der Waals surface area contributed by atoms with Gasteiger partial charge in [-0.3, -0.25) is 9.59 Å². The molecule has 1 heterocycles. The average Bonchev–Trinajstić information content (AvgIpc) is 2.60. The Morgan fingerprint density at radius 2 is 2.33 bits per heavy atom. The van der Waals surface area contributed by atoms with Crippen molar-refractivity contribution in [2.45, 2.75) is 25.4 Å². The summed E-state index contributed by atoms with van der Waals surface area (Å²) in [4.78, 5) is 24.4. The smallest absolute Gasteiger partial charge is 0.246 e. The molecule has 86 valence electrons. The topological polar surface area (TPSA) is 75.4 Å². The number of rotatable bonds is 3. The molecular formula is C9H17N3O2S. The zero-order valence-corrected chi connectivity index (χ0v) is 9.67. The van der Waals surface area contributed by atoms with Gasteiger partial charge in [0, 0.05) is 31.8 Å².